The Labute approximate surface area is 132 Å². The minimum Gasteiger partial charge on any atom is -0.544 e. The Hall–Kier alpha value is -1.88. The molecule has 22 heavy (non-hydrogen) atoms. The lowest BCUT2D eigenvalue weighted by Crippen LogP contribution is -2.93. The molecular formula is C17H26N2O3. The van der Waals surface area contributed by atoms with E-state index in [1.807, 2.05) is 32.0 Å². The van der Waals surface area contributed by atoms with E-state index >= 15 is 0 Å². The summed E-state index contributed by atoms with van der Waals surface area (Å²) in [5, 5.41) is 15.6. The second-order valence-electron chi connectivity index (χ2n) is 6.13. The molecule has 0 aliphatic rings. The van der Waals surface area contributed by atoms with Crippen molar-refractivity contribution in [1.29, 1.82) is 0 Å². The van der Waals surface area contributed by atoms with Crippen molar-refractivity contribution < 1.29 is 20.0 Å². The Morgan fingerprint density at radius 1 is 1.27 bits per heavy atom. The van der Waals surface area contributed by atoms with Gasteiger partial charge in [-0.2, -0.15) is 0 Å². The van der Waals surface area contributed by atoms with E-state index in [4.69, 9.17) is 0 Å². The number of carbonyl (C=O) groups excluding carboxylic acids is 2. The van der Waals surface area contributed by atoms with E-state index in [-0.39, 0.29) is 12.3 Å². The highest BCUT2D eigenvalue weighted by Gasteiger charge is 2.18. The van der Waals surface area contributed by atoms with Crippen molar-refractivity contribution in [2.75, 3.05) is 11.9 Å². The Morgan fingerprint density at radius 3 is 2.55 bits per heavy atom. The number of aliphatic carboxylic acids is 1. The number of carboxylic acids is 1. The maximum absolute atomic E-state index is 12.1. The Morgan fingerprint density at radius 2 is 1.95 bits per heavy atom. The molecule has 0 radical (unpaired) electrons. The van der Waals surface area contributed by atoms with Crippen LogP contribution in [0, 0.1) is 19.8 Å². The summed E-state index contributed by atoms with van der Waals surface area (Å²) < 4.78 is 0. The van der Waals surface area contributed by atoms with Crippen molar-refractivity contribution >= 4 is 17.6 Å². The number of hydrogen-bond acceptors (Lipinski definition) is 3. The molecule has 5 nitrogen and oxygen atoms in total. The molecule has 0 saturated carbocycles. The number of anilines is 1. The summed E-state index contributed by atoms with van der Waals surface area (Å²) in [5.74, 6) is -0.994. The van der Waals surface area contributed by atoms with Gasteiger partial charge in [0.05, 0.1) is 18.9 Å². The van der Waals surface area contributed by atoms with Crippen LogP contribution in [0.3, 0.4) is 0 Å². The number of nitrogens with two attached hydrogens (primary N) is 1. The lowest BCUT2D eigenvalue weighted by molar-refractivity contribution is -0.683. The highest BCUT2D eigenvalue weighted by atomic mass is 16.4. The maximum Gasteiger partial charge on any atom is 0.230 e. The molecule has 0 unspecified atom stereocenters. The van der Waals surface area contributed by atoms with Gasteiger partial charge in [0.1, 0.15) is 6.04 Å². The SMILES string of the molecule is Cc1cccc(NC(=O)C[C@H]([NH2+]CCC(C)C)C(=O)[O-])c1C. The maximum atomic E-state index is 12.1. The van der Waals surface area contributed by atoms with Crippen molar-refractivity contribution in [3.05, 3.63) is 29.3 Å². The molecule has 3 N–H and O–H groups in total. The summed E-state index contributed by atoms with van der Waals surface area (Å²) in [6, 6.07) is 4.80. The van der Waals surface area contributed by atoms with Gasteiger partial charge in [-0.15, -0.1) is 0 Å². The molecule has 1 amide bonds. The van der Waals surface area contributed by atoms with Gasteiger partial charge in [-0.1, -0.05) is 26.0 Å². The van der Waals surface area contributed by atoms with Crippen LogP contribution in [-0.2, 0) is 9.59 Å². The third-order valence-electron chi connectivity index (χ3n) is 3.78. The largest absolute Gasteiger partial charge is 0.544 e. The van der Waals surface area contributed by atoms with Gasteiger partial charge in [0, 0.05) is 5.69 Å². The van der Waals surface area contributed by atoms with Gasteiger partial charge in [-0.05, 0) is 43.4 Å². The van der Waals surface area contributed by atoms with Gasteiger partial charge in [-0.25, -0.2) is 0 Å². The first-order valence-corrected chi connectivity index (χ1v) is 7.71. The molecule has 0 spiro atoms. The highest BCUT2D eigenvalue weighted by Crippen LogP contribution is 2.18. The lowest BCUT2D eigenvalue weighted by atomic mass is 10.1. The molecule has 1 aromatic carbocycles. The van der Waals surface area contributed by atoms with Crippen LogP contribution < -0.4 is 15.7 Å². The van der Waals surface area contributed by atoms with E-state index in [0.29, 0.717) is 12.5 Å². The van der Waals surface area contributed by atoms with E-state index < -0.39 is 12.0 Å². The molecule has 0 bridgehead atoms. The summed E-state index contributed by atoms with van der Waals surface area (Å²) in [6.45, 7) is 8.72. The van der Waals surface area contributed by atoms with Gasteiger partial charge < -0.3 is 20.5 Å². The normalized spacial score (nSPS) is 12.2. The second-order valence-corrected chi connectivity index (χ2v) is 6.13. The quantitative estimate of drug-likeness (QED) is 0.727. The number of amides is 1. The van der Waals surface area contributed by atoms with Crippen molar-refractivity contribution in [1.82, 2.24) is 0 Å². The number of aryl methyl sites for hydroxylation is 1. The van der Waals surface area contributed by atoms with E-state index in [1.54, 1.807) is 5.32 Å². The predicted molar refractivity (Wildman–Crippen MR) is 84.2 cm³/mol. The van der Waals surface area contributed by atoms with Gasteiger partial charge in [0.15, 0.2) is 0 Å². The molecular weight excluding hydrogens is 280 g/mol. The average Bonchev–Trinajstić information content (AvgIpc) is 2.42. The molecule has 1 atom stereocenters. The molecule has 0 heterocycles. The zero-order valence-corrected chi connectivity index (χ0v) is 13.8. The summed E-state index contributed by atoms with van der Waals surface area (Å²) in [5.41, 5.74) is 2.80. The van der Waals surface area contributed by atoms with E-state index in [2.05, 4.69) is 19.2 Å². The van der Waals surface area contributed by atoms with Crippen LogP contribution in [0.1, 0.15) is 37.8 Å². The second kappa shape index (κ2) is 8.54. The molecule has 0 aliphatic carbocycles. The van der Waals surface area contributed by atoms with Gasteiger partial charge in [0.25, 0.3) is 0 Å². The van der Waals surface area contributed by atoms with Crippen LogP contribution in [-0.4, -0.2) is 24.5 Å². The lowest BCUT2D eigenvalue weighted by Gasteiger charge is -2.17. The summed E-state index contributed by atoms with van der Waals surface area (Å²) in [7, 11) is 0. The standard InChI is InChI=1S/C17H26N2O3/c1-11(2)8-9-18-15(17(21)22)10-16(20)19-14-7-5-6-12(3)13(14)4/h5-7,11,15,18H,8-10H2,1-4H3,(H,19,20)(H,21,22)/t15-/m0/s1. The fraction of sp³-hybridized carbons (Fsp3) is 0.529. The highest BCUT2D eigenvalue weighted by molar-refractivity contribution is 5.94. The summed E-state index contributed by atoms with van der Waals surface area (Å²) >= 11 is 0. The first kappa shape index (κ1) is 18.2. The molecule has 0 fully saturated rings. The Kier molecular flexibility index (Phi) is 7.05. The van der Waals surface area contributed by atoms with Crippen molar-refractivity contribution in [2.24, 2.45) is 5.92 Å². The van der Waals surface area contributed by atoms with Crippen LogP contribution in [0.25, 0.3) is 0 Å². The van der Waals surface area contributed by atoms with Gasteiger partial charge in [-0.3, -0.25) is 4.79 Å². The number of nitrogens with one attached hydrogen (secondary N) is 1. The summed E-state index contributed by atoms with van der Waals surface area (Å²) in [6.07, 6.45) is 0.816. The smallest absolute Gasteiger partial charge is 0.230 e. The van der Waals surface area contributed by atoms with E-state index in [9.17, 15) is 14.7 Å². The molecule has 0 aromatic heterocycles. The van der Waals surface area contributed by atoms with Gasteiger partial charge in [0.2, 0.25) is 5.91 Å². The number of carbonyl (C=O) groups is 2. The van der Waals surface area contributed by atoms with E-state index in [1.165, 1.54) is 0 Å². The fourth-order valence-corrected chi connectivity index (χ4v) is 2.18. The molecule has 1 rings (SSSR count). The zero-order valence-electron chi connectivity index (χ0n) is 13.8. The molecule has 0 aliphatic heterocycles. The molecule has 1 aromatic rings. The molecule has 5 heteroatoms. The monoisotopic (exact) mass is 306 g/mol. The zero-order chi connectivity index (χ0) is 16.7. The third kappa shape index (κ3) is 5.85. The van der Waals surface area contributed by atoms with Gasteiger partial charge >= 0.3 is 0 Å². The van der Waals surface area contributed by atoms with Crippen LogP contribution in [0.5, 0.6) is 0 Å². The fourth-order valence-electron chi connectivity index (χ4n) is 2.18. The van der Waals surface area contributed by atoms with Crippen LogP contribution in [0.4, 0.5) is 5.69 Å². The predicted octanol–water partition coefficient (Wildman–Crippen LogP) is 0.360. The van der Waals surface area contributed by atoms with Crippen molar-refractivity contribution in [3.8, 4) is 0 Å². The minimum absolute atomic E-state index is 0.0895. The Bertz CT molecular complexity index is 527. The van der Waals surface area contributed by atoms with Crippen molar-refractivity contribution in [2.45, 2.75) is 46.6 Å². The van der Waals surface area contributed by atoms with E-state index in [0.717, 1.165) is 23.2 Å². The van der Waals surface area contributed by atoms with Crippen LogP contribution >= 0.6 is 0 Å². The minimum atomic E-state index is -1.19. The number of quaternary nitrogens is 1. The van der Waals surface area contributed by atoms with Crippen molar-refractivity contribution in [3.63, 3.8) is 0 Å². The number of carboxylic acid groups (broad SMARTS) is 1. The topological polar surface area (TPSA) is 85.8 Å². The summed E-state index contributed by atoms with van der Waals surface area (Å²) in [4.78, 5) is 23.2. The number of benzene rings is 1. The Balaban J connectivity index is 2.60. The molecule has 122 valence electrons. The molecule has 0 saturated heterocycles. The van der Waals surface area contributed by atoms with Crippen LogP contribution in [0.15, 0.2) is 18.2 Å². The van der Waals surface area contributed by atoms with Crippen LogP contribution in [0.2, 0.25) is 0 Å². The number of hydrogen-bond donors (Lipinski definition) is 2. The first-order valence-electron chi connectivity index (χ1n) is 7.71. The average molecular weight is 306 g/mol. The number of rotatable bonds is 8. The first-order chi connectivity index (χ1) is 10.3. The third-order valence-corrected chi connectivity index (χ3v) is 3.78.